The Bertz CT molecular complexity index is 528. The van der Waals surface area contributed by atoms with Gasteiger partial charge in [0.05, 0.1) is 23.9 Å². The number of aromatic nitrogens is 2. The molecular formula is C11H11ClN2O2. The number of Topliss-reactive ketones (excluding diaryl/α,β-unsaturated/α-hetero) is 1. The first-order valence-electron chi connectivity index (χ1n) is 4.83. The quantitative estimate of drug-likeness (QED) is 0.772. The second kappa shape index (κ2) is 4.14. The Hall–Kier alpha value is -1.55. The van der Waals surface area contributed by atoms with Crippen LogP contribution in [-0.4, -0.2) is 15.6 Å². The van der Waals surface area contributed by atoms with Crippen LogP contribution in [0.5, 0.6) is 0 Å². The van der Waals surface area contributed by atoms with Gasteiger partial charge in [-0.05, 0) is 30.7 Å². The highest BCUT2D eigenvalue weighted by atomic mass is 35.5. The fourth-order valence-electron chi connectivity index (χ4n) is 1.58. The molecule has 0 bridgehead atoms. The maximum Gasteiger partial charge on any atom is 0.203 e. The summed E-state index contributed by atoms with van der Waals surface area (Å²) in [4.78, 5) is 11.9. The average Bonchev–Trinajstić information content (AvgIpc) is 2.74. The van der Waals surface area contributed by atoms with Crippen molar-refractivity contribution in [2.45, 2.75) is 13.3 Å². The summed E-state index contributed by atoms with van der Waals surface area (Å²) in [6.07, 6.45) is 1.68. The summed E-state index contributed by atoms with van der Waals surface area (Å²) >= 11 is 5.74. The topological polar surface area (TPSA) is 48.0 Å². The maximum atomic E-state index is 11.9. The zero-order valence-electron chi connectivity index (χ0n) is 9.03. The lowest BCUT2D eigenvalue weighted by Crippen LogP contribution is -2.07. The molecule has 0 radical (unpaired) electrons. The number of halogens is 1. The maximum absolute atomic E-state index is 11.9. The standard InChI is InChI=1S/C11H11ClN2O2/c1-7-5-8(14(2)13-7)6-10(15)9-3-4-16-11(9)12/h3-5H,6H2,1-2H3. The van der Waals surface area contributed by atoms with Crippen molar-refractivity contribution in [2.75, 3.05) is 0 Å². The molecule has 16 heavy (non-hydrogen) atoms. The normalized spacial score (nSPS) is 10.7. The van der Waals surface area contributed by atoms with Crippen molar-refractivity contribution in [3.05, 3.63) is 40.6 Å². The zero-order valence-corrected chi connectivity index (χ0v) is 9.78. The van der Waals surface area contributed by atoms with Gasteiger partial charge in [-0.2, -0.15) is 5.10 Å². The third kappa shape index (κ3) is 2.02. The highest BCUT2D eigenvalue weighted by Gasteiger charge is 2.15. The van der Waals surface area contributed by atoms with Crippen molar-refractivity contribution in [2.24, 2.45) is 7.05 Å². The summed E-state index contributed by atoms with van der Waals surface area (Å²) in [6, 6.07) is 3.46. The first kappa shape index (κ1) is 11.0. The van der Waals surface area contributed by atoms with E-state index in [-0.39, 0.29) is 17.4 Å². The van der Waals surface area contributed by atoms with Crippen LogP contribution in [0.15, 0.2) is 22.8 Å². The predicted octanol–water partition coefficient (Wildman–Crippen LogP) is 2.40. The smallest absolute Gasteiger partial charge is 0.203 e. The van der Waals surface area contributed by atoms with Crippen molar-refractivity contribution >= 4 is 17.4 Å². The van der Waals surface area contributed by atoms with Gasteiger partial charge in [0.25, 0.3) is 0 Å². The first-order valence-corrected chi connectivity index (χ1v) is 5.21. The van der Waals surface area contributed by atoms with E-state index >= 15 is 0 Å². The minimum atomic E-state index is -0.0678. The van der Waals surface area contributed by atoms with Crippen molar-refractivity contribution in [3.8, 4) is 0 Å². The van der Waals surface area contributed by atoms with E-state index in [1.807, 2.05) is 20.0 Å². The summed E-state index contributed by atoms with van der Waals surface area (Å²) in [6.45, 7) is 1.89. The molecule has 0 atom stereocenters. The van der Waals surface area contributed by atoms with Gasteiger partial charge in [0.2, 0.25) is 5.22 Å². The van der Waals surface area contributed by atoms with E-state index in [0.717, 1.165) is 11.4 Å². The van der Waals surface area contributed by atoms with Crippen LogP contribution < -0.4 is 0 Å². The second-order valence-corrected chi connectivity index (χ2v) is 3.95. The fourth-order valence-corrected chi connectivity index (χ4v) is 1.80. The van der Waals surface area contributed by atoms with Gasteiger partial charge in [-0.15, -0.1) is 0 Å². The summed E-state index contributed by atoms with van der Waals surface area (Å²) in [5, 5.41) is 4.32. The molecule has 0 spiro atoms. The molecule has 5 heteroatoms. The molecular weight excluding hydrogens is 228 g/mol. The van der Waals surface area contributed by atoms with Crippen molar-refractivity contribution in [1.82, 2.24) is 9.78 Å². The lowest BCUT2D eigenvalue weighted by atomic mass is 10.1. The lowest BCUT2D eigenvalue weighted by molar-refractivity contribution is 0.0990. The van der Waals surface area contributed by atoms with Gasteiger partial charge in [-0.3, -0.25) is 9.48 Å². The molecule has 2 aromatic heterocycles. The Morgan fingerprint density at radius 1 is 1.62 bits per heavy atom. The summed E-state index contributed by atoms with van der Waals surface area (Å²) in [5.74, 6) is -0.0678. The van der Waals surface area contributed by atoms with Crippen LogP contribution in [0.25, 0.3) is 0 Å². The molecule has 0 unspecified atom stereocenters. The molecule has 4 nitrogen and oxygen atoms in total. The van der Waals surface area contributed by atoms with Crippen LogP contribution >= 0.6 is 11.6 Å². The number of carbonyl (C=O) groups is 1. The highest BCUT2D eigenvalue weighted by molar-refractivity contribution is 6.32. The Morgan fingerprint density at radius 2 is 2.38 bits per heavy atom. The van der Waals surface area contributed by atoms with Crippen molar-refractivity contribution in [1.29, 1.82) is 0 Å². The molecule has 0 aliphatic carbocycles. The van der Waals surface area contributed by atoms with Gasteiger partial charge in [-0.25, -0.2) is 0 Å². The number of nitrogens with zero attached hydrogens (tertiary/aromatic N) is 2. The van der Waals surface area contributed by atoms with Crippen molar-refractivity contribution < 1.29 is 9.21 Å². The summed E-state index contributed by atoms with van der Waals surface area (Å²) in [7, 11) is 1.81. The van der Waals surface area contributed by atoms with E-state index < -0.39 is 0 Å². The molecule has 0 aromatic carbocycles. The minimum Gasteiger partial charge on any atom is -0.452 e. The Balaban J connectivity index is 2.20. The molecule has 2 heterocycles. The molecule has 2 aromatic rings. The van der Waals surface area contributed by atoms with Gasteiger partial charge in [-0.1, -0.05) is 0 Å². The molecule has 84 valence electrons. The molecule has 0 saturated carbocycles. The van der Waals surface area contributed by atoms with E-state index in [2.05, 4.69) is 5.10 Å². The summed E-state index contributed by atoms with van der Waals surface area (Å²) in [5.41, 5.74) is 2.17. The molecule has 0 amide bonds. The first-order chi connectivity index (χ1) is 7.58. The number of hydrogen-bond donors (Lipinski definition) is 0. The van der Waals surface area contributed by atoms with Gasteiger partial charge in [0.15, 0.2) is 5.78 Å². The Labute approximate surface area is 97.8 Å². The average molecular weight is 239 g/mol. The Morgan fingerprint density at radius 3 is 2.88 bits per heavy atom. The van der Waals surface area contributed by atoms with Crippen LogP contribution in [0, 0.1) is 6.92 Å². The Kier molecular flexibility index (Phi) is 2.83. The van der Waals surface area contributed by atoms with Crippen LogP contribution in [-0.2, 0) is 13.5 Å². The van der Waals surface area contributed by atoms with Gasteiger partial charge in [0.1, 0.15) is 0 Å². The number of hydrogen-bond acceptors (Lipinski definition) is 3. The third-order valence-corrected chi connectivity index (χ3v) is 2.65. The van der Waals surface area contributed by atoms with E-state index in [1.165, 1.54) is 6.26 Å². The molecule has 2 rings (SSSR count). The van der Waals surface area contributed by atoms with E-state index in [1.54, 1.807) is 10.7 Å². The molecule has 0 aliphatic heterocycles. The third-order valence-electron chi connectivity index (χ3n) is 2.36. The summed E-state index contributed by atoms with van der Waals surface area (Å²) < 4.78 is 6.58. The van der Waals surface area contributed by atoms with Crippen molar-refractivity contribution in [3.63, 3.8) is 0 Å². The van der Waals surface area contributed by atoms with Crippen LogP contribution in [0.4, 0.5) is 0 Å². The lowest BCUT2D eigenvalue weighted by Gasteiger charge is -1.99. The molecule has 0 fully saturated rings. The van der Waals surface area contributed by atoms with E-state index in [0.29, 0.717) is 5.56 Å². The van der Waals surface area contributed by atoms with Crippen LogP contribution in [0.3, 0.4) is 0 Å². The zero-order chi connectivity index (χ0) is 11.7. The molecule has 0 saturated heterocycles. The van der Waals surface area contributed by atoms with Gasteiger partial charge in [0, 0.05) is 12.7 Å². The van der Waals surface area contributed by atoms with E-state index in [9.17, 15) is 4.79 Å². The predicted molar refractivity (Wildman–Crippen MR) is 59.7 cm³/mol. The van der Waals surface area contributed by atoms with Gasteiger partial charge < -0.3 is 4.42 Å². The number of ketones is 1. The minimum absolute atomic E-state index is 0.0678. The van der Waals surface area contributed by atoms with Crippen LogP contribution in [0.1, 0.15) is 21.7 Å². The second-order valence-electron chi connectivity index (χ2n) is 3.61. The number of carbonyl (C=O) groups excluding carboxylic acids is 1. The van der Waals surface area contributed by atoms with Crippen LogP contribution in [0.2, 0.25) is 5.22 Å². The largest absolute Gasteiger partial charge is 0.452 e. The van der Waals surface area contributed by atoms with Gasteiger partial charge >= 0.3 is 0 Å². The molecule has 0 N–H and O–H groups in total. The number of aryl methyl sites for hydroxylation is 2. The molecule has 0 aliphatic rings. The number of furan rings is 1. The fraction of sp³-hybridized carbons (Fsp3) is 0.273. The highest BCUT2D eigenvalue weighted by Crippen LogP contribution is 2.18. The monoisotopic (exact) mass is 238 g/mol. The van der Waals surface area contributed by atoms with E-state index in [4.69, 9.17) is 16.0 Å². The number of rotatable bonds is 3. The SMILES string of the molecule is Cc1cc(CC(=O)c2ccoc2Cl)n(C)n1.